The molecule has 0 fully saturated rings. The summed E-state index contributed by atoms with van der Waals surface area (Å²) in [6, 6.07) is -0.478. The number of carbonyl (C=O) groups excluding carboxylic acids is 2. The van der Waals surface area contributed by atoms with Gasteiger partial charge in [-0.1, -0.05) is 0 Å². The number of amides is 2. The molecule has 0 saturated carbocycles. The highest BCUT2D eigenvalue weighted by molar-refractivity contribution is 5.81. The van der Waals surface area contributed by atoms with Crippen LogP contribution in [0.1, 0.15) is 13.3 Å². The molecule has 7 heteroatoms. The molecule has 7 nitrogen and oxygen atoms in total. The molecule has 0 aromatic carbocycles. The van der Waals surface area contributed by atoms with Crippen molar-refractivity contribution in [2.45, 2.75) is 13.3 Å². The van der Waals surface area contributed by atoms with Gasteiger partial charge in [0.05, 0.1) is 13.5 Å². The van der Waals surface area contributed by atoms with Gasteiger partial charge in [-0.05, 0) is 6.92 Å². The molecule has 0 aromatic heterocycles. The van der Waals surface area contributed by atoms with Crippen LogP contribution in [-0.4, -0.2) is 54.7 Å². The number of rotatable bonds is 6. The van der Waals surface area contributed by atoms with Crippen LogP contribution >= 0.6 is 0 Å². The summed E-state index contributed by atoms with van der Waals surface area (Å²) in [4.78, 5) is 33.8. The topological polar surface area (TPSA) is 95.9 Å². The SMILES string of the molecule is CCN(CC(=O)OC)C(=O)NCCC(=O)O. The summed E-state index contributed by atoms with van der Waals surface area (Å²) in [6.45, 7) is 1.94. The van der Waals surface area contributed by atoms with Crippen LogP contribution in [0.15, 0.2) is 0 Å². The van der Waals surface area contributed by atoms with Crippen molar-refractivity contribution in [2.75, 3.05) is 26.7 Å². The van der Waals surface area contributed by atoms with Gasteiger partial charge in [-0.15, -0.1) is 0 Å². The first kappa shape index (κ1) is 14.2. The molecular formula is C9H16N2O5. The van der Waals surface area contributed by atoms with E-state index in [9.17, 15) is 14.4 Å². The summed E-state index contributed by atoms with van der Waals surface area (Å²) in [6.07, 6.45) is -0.151. The van der Waals surface area contributed by atoms with Gasteiger partial charge in [0.2, 0.25) is 0 Å². The molecule has 16 heavy (non-hydrogen) atoms. The maximum absolute atomic E-state index is 11.4. The number of esters is 1. The summed E-state index contributed by atoms with van der Waals surface area (Å²) >= 11 is 0. The van der Waals surface area contributed by atoms with E-state index in [1.54, 1.807) is 6.92 Å². The third-order valence-corrected chi connectivity index (χ3v) is 1.83. The van der Waals surface area contributed by atoms with Gasteiger partial charge >= 0.3 is 18.0 Å². The molecule has 0 aromatic rings. The number of urea groups is 1. The van der Waals surface area contributed by atoms with Gasteiger partial charge in [-0.25, -0.2) is 4.79 Å². The number of hydrogen-bond donors (Lipinski definition) is 2. The molecule has 2 amide bonds. The number of nitrogens with zero attached hydrogens (tertiary/aromatic N) is 1. The molecular weight excluding hydrogens is 216 g/mol. The number of carboxylic acid groups (broad SMARTS) is 1. The fourth-order valence-corrected chi connectivity index (χ4v) is 0.936. The van der Waals surface area contributed by atoms with Crippen LogP contribution in [0.3, 0.4) is 0 Å². The fraction of sp³-hybridized carbons (Fsp3) is 0.667. The Hall–Kier alpha value is -1.79. The molecule has 0 spiro atoms. The van der Waals surface area contributed by atoms with Gasteiger partial charge in [-0.3, -0.25) is 9.59 Å². The zero-order chi connectivity index (χ0) is 12.6. The average Bonchev–Trinajstić information content (AvgIpc) is 2.24. The Morgan fingerprint density at radius 2 is 2.00 bits per heavy atom. The smallest absolute Gasteiger partial charge is 0.325 e. The Bertz CT molecular complexity index is 267. The molecule has 0 atom stereocenters. The number of likely N-dealkylation sites (N-methyl/N-ethyl adjacent to an activating group) is 1. The van der Waals surface area contributed by atoms with Crippen molar-refractivity contribution in [2.24, 2.45) is 0 Å². The monoisotopic (exact) mass is 232 g/mol. The first-order chi connectivity index (χ1) is 7.51. The van der Waals surface area contributed by atoms with Crippen molar-refractivity contribution in [3.05, 3.63) is 0 Å². The van der Waals surface area contributed by atoms with Crippen molar-refractivity contribution in [1.82, 2.24) is 10.2 Å². The maximum atomic E-state index is 11.4. The number of carbonyl (C=O) groups is 3. The maximum Gasteiger partial charge on any atom is 0.325 e. The van der Waals surface area contributed by atoms with Crippen LogP contribution in [-0.2, 0) is 14.3 Å². The van der Waals surface area contributed by atoms with Crippen molar-refractivity contribution in [1.29, 1.82) is 0 Å². The molecule has 0 unspecified atom stereocenters. The summed E-state index contributed by atoms with van der Waals surface area (Å²) in [5.41, 5.74) is 0. The number of carboxylic acids is 1. The standard InChI is InChI=1S/C9H16N2O5/c1-3-11(6-8(14)16-2)9(15)10-5-4-7(12)13/h3-6H2,1-2H3,(H,10,15)(H,12,13). The summed E-state index contributed by atoms with van der Waals surface area (Å²) in [5, 5.41) is 10.8. The van der Waals surface area contributed by atoms with Crippen LogP contribution in [0.4, 0.5) is 4.79 Å². The lowest BCUT2D eigenvalue weighted by Gasteiger charge is -2.19. The third kappa shape index (κ3) is 5.84. The molecule has 0 rings (SSSR count). The Balaban J connectivity index is 4.00. The molecule has 0 radical (unpaired) electrons. The van der Waals surface area contributed by atoms with Crippen molar-refractivity contribution in [3.8, 4) is 0 Å². The second-order valence-electron chi connectivity index (χ2n) is 2.97. The highest BCUT2D eigenvalue weighted by atomic mass is 16.5. The van der Waals surface area contributed by atoms with E-state index in [1.165, 1.54) is 12.0 Å². The molecule has 0 aliphatic rings. The lowest BCUT2D eigenvalue weighted by molar-refractivity contribution is -0.141. The van der Waals surface area contributed by atoms with Gasteiger partial charge in [0, 0.05) is 13.1 Å². The molecule has 2 N–H and O–H groups in total. The van der Waals surface area contributed by atoms with Crippen LogP contribution < -0.4 is 5.32 Å². The van der Waals surface area contributed by atoms with Crippen molar-refractivity contribution in [3.63, 3.8) is 0 Å². The minimum Gasteiger partial charge on any atom is -0.481 e. The Kier molecular flexibility index (Phi) is 6.66. The summed E-state index contributed by atoms with van der Waals surface area (Å²) < 4.78 is 4.42. The van der Waals surface area contributed by atoms with Gasteiger partial charge in [0.25, 0.3) is 0 Å². The number of methoxy groups -OCH3 is 1. The summed E-state index contributed by atoms with van der Waals surface area (Å²) in [7, 11) is 1.23. The van der Waals surface area contributed by atoms with Gasteiger partial charge < -0.3 is 20.1 Å². The fourth-order valence-electron chi connectivity index (χ4n) is 0.936. The number of aliphatic carboxylic acids is 1. The normalized spacial score (nSPS) is 9.38. The van der Waals surface area contributed by atoms with E-state index in [0.29, 0.717) is 6.54 Å². The minimum absolute atomic E-state index is 0.0336. The van der Waals surface area contributed by atoms with E-state index < -0.39 is 18.0 Å². The van der Waals surface area contributed by atoms with E-state index >= 15 is 0 Å². The quantitative estimate of drug-likeness (QED) is 0.611. The number of nitrogens with one attached hydrogen (secondary N) is 1. The molecule has 0 heterocycles. The molecule has 0 bridgehead atoms. The first-order valence-electron chi connectivity index (χ1n) is 4.82. The van der Waals surface area contributed by atoms with E-state index in [-0.39, 0.29) is 19.5 Å². The van der Waals surface area contributed by atoms with E-state index in [4.69, 9.17) is 5.11 Å². The first-order valence-corrected chi connectivity index (χ1v) is 4.82. The lowest BCUT2D eigenvalue weighted by Crippen LogP contribution is -2.43. The largest absolute Gasteiger partial charge is 0.481 e. The minimum atomic E-state index is -0.990. The third-order valence-electron chi connectivity index (χ3n) is 1.83. The predicted molar refractivity (Wildman–Crippen MR) is 54.9 cm³/mol. The van der Waals surface area contributed by atoms with Gasteiger partial charge in [0.1, 0.15) is 6.54 Å². The van der Waals surface area contributed by atoms with E-state index in [2.05, 4.69) is 10.1 Å². The lowest BCUT2D eigenvalue weighted by atomic mass is 10.4. The molecule has 0 aliphatic heterocycles. The van der Waals surface area contributed by atoms with Crippen LogP contribution in [0.2, 0.25) is 0 Å². The second kappa shape index (κ2) is 7.49. The van der Waals surface area contributed by atoms with Gasteiger partial charge in [0.15, 0.2) is 0 Å². The summed E-state index contributed by atoms with van der Waals surface area (Å²) in [5.74, 6) is -1.51. The molecule has 0 saturated heterocycles. The highest BCUT2D eigenvalue weighted by Gasteiger charge is 2.15. The predicted octanol–water partition coefficient (Wildman–Crippen LogP) is -0.334. The molecule has 0 aliphatic carbocycles. The Morgan fingerprint density at radius 3 is 2.44 bits per heavy atom. The Labute approximate surface area is 93.4 Å². The zero-order valence-electron chi connectivity index (χ0n) is 9.36. The number of hydrogen-bond acceptors (Lipinski definition) is 4. The van der Waals surface area contributed by atoms with Gasteiger partial charge in [-0.2, -0.15) is 0 Å². The highest BCUT2D eigenvalue weighted by Crippen LogP contribution is 1.91. The van der Waals surface area contributed by atoms with Crippen molar-refractivity contribution < 1.29 is 24.2 Å². The van der Waals surface area contributed by atoms with Crippen LogP contribution in [0.25, 0.3) is 0 Å². The zero-order valence-corrected chi connectivity index (χ0v) is 9.36. The van der Waals surface area contributed by atoms with Crippen LogP contribution in [0.5, 0.6) is 0 Å². The van der Waals surface area contributed by atoms with E-state index in [1.807, 2.05) is 0 Å². The Morgan fingerprint density at radius 1 is 1.38 bits per heavy atom. The average molecular weight is 232 g/mol. The second-order valence-corrected chi connectivity index (χ2v) is 2.97. The van der Waals surface area contributed by atoms with E-state index in [0.717, 1.165) is 0 Å². The van der Waals surface area contributed by atoms with Crippen LogP contribution in [0, 0.1) is 0 Å². The molecule has 92 valence electrons. The van der Waals surface area contributed by atoms with Crippen molar-refractivity contribution >= 4 is 18.0 Å². The number of ether oxygens (including phenoxy) is 1.